The normalized spacial score (nSPS) is 19.4. The zero-order valence-corrected chi connectivity index (χ0v) is 11.2. The van der Waals surface area contributed by atoms with Gasteiger partial charge in [-0.1, -0.05) is 18.2 Å². The number of benzene rings is 1. The monoisotopic (exact) mass is 261 g/mol. The van der Waals surface area contributed by atoms with E-state index in [0.29, 0.717) is 0 Å². The molecule has 0 radical (unpaired) electrons. The third kappa shape index (κ3) is 1.91. The van der Waals surface area contributed by atoms with Crippen molar-refractivity contribution in [3.63, 3.8) is 0 Å². The molecule has 4 heteroatoms. The molecule has 1 aliphatic heterocycles. The number of hydrogen-bond donors (Lipinski definition) is 1. The SMILES string of the molecule is Cc1nc(C2Cc3ccccc3O2)sc1C(C)O. The molecule has 2 unspecified atom stereocenters. The van der Waals surface area contributed by atoms with Crippen molar-refractivity contribution < 1.29 is 9.84 Å². The second-order valence-electron chi connectivity index (χ2n) is 4.60. The number of hydrogen-bond acceptors (Lipinski definition) is 4. The molecule has 1 aliphatic rings. The van der Waals surface area contributed by atoms with Gasteiger partial charge >= 0.3 is 0 Å². The van der Waals surface area contributed by atoms with E-state index in [2.05, 4.69) is 11.1 Å². The molecule has 2 atom stereocenters. The highest BCUT2D eigenvalue weighted by molar-refractivity contribution is 7.11. The molecule has 0 fully saturated rings. The number of aliphatic hydroxyl groups excluding tert-OH is 1. The highest BCUT2D eigenvalue weighted by Gasteiger charge is 2.27. The highest BCUT2D eigenvalue weighted by Crippen LogP contribution is 2.39. The van der Waals surface area contributed by atoms with Crippen LogP contribution in [0.1, 0.15) is 40.3 Å². The summed E-state index contributed by atoms with van der Waals surface area (Å²) in [6.45, 7) is 3.71. The van der Waals surface area contributed by atoms with E-state index in [9.17, 15) is 5.11 Å². The zero-order valence-electron chi connectivity index (χ0n) is 10.4. The third-order valence-electron chi connectivity index (χ3n) is 3.15. The van der Waals surface area contributed by atoms with Gasteiger partial charge in [-0.25, -0.2) is 4.98 Å². The van der Waals surface area contributed by atoms with Gasteiger partial charge in [-0.05, 0) is 25.5 Å². The van der Waals surface area contributed by atoms with E-state index < -0.39 is 6.10 Å². The maximum Gasteiger partial charge on any atom is 0.154 e. The van der Waals surface area contributed by atoms with Gasteiger partial charge in [-0.15, -0.1) is 11.3 Å². The first kappa shape index (κ1) is 11.7. The number of fused-ring (bicyclic) bond motifs is 1. The molecule has 3 rings (SSSR count). The van der Waals surface area contributed by atoms with Gasteiger partial charge in [0.25, 0.3) is 0 Å². The van der Waals surface area contributed by atoms with Crippen molar-refractivity contribution in [2.24, 2.45) is 0 Å². The van der Waals surface area contributed by atoms with Gasteiger partial charge in [0.15, 0.2) is 6.10 Å². The van der Waals surface area contributed by atoms with E-state index in [0.717, 1.165) is 27.7 Å². The standard InChI is InChI=1S/C14H15NO2S/c1-8-13(9(2)16)18-14(15-8)12-7-10-5-3-4-6-11(10)17-12/h3-6,9,12,16H,7H2,1-2H3. The first-order valence-electron chi connectivity index (χ1n) is 6.05. The molecule has 2 heterocycles. The summed E-state index contributed by atoms with van der Waals surface area (Å²) in [5.74, 6) is 0.953. The van der Waals surface area contributed by atoms with Crippen molar-refractivity contribution >= 4 is 11.3 Å². The Balaban J connectivity index is 1.88. The molecule has 1 N–H and O–H groups in total. The number of aromatic nitrogens is 1. The minimum absolute atomic E-state index is 0.00130. The smallest absolute Gasteiger partial charge is 0.154 e. The van der Waals surface area contributed by atoms with Gasteiger partial charge in [-0.2, -0.15) is 0 Å². The summed E-state index contributed by atoms with van der Waals surface area (Å²) in [5, 5.41) is 10.6. The zero-order chi connectivity index (χ0) is 12.7. The van der Waals surface area contributed by atoms with Crippen LogP contribution >= 0.6 is 11.3 Å². The summed E-state index contributed by atoms with van der Waals surface area (Å²) in [5.41, 5.74) is 2.14. The van der Waals surface area contributed by atoms with Crippen LogP contribution in [-0.4, -0.2) is 10.1 Å². The number of rotatable bonds is 2. The average molecular weight is 261 g/mol. The Labute approximate surface area is 110 Å². The van der Waals surface area contributed by atoms with Crippen LogP contribution in [0.2, 0.25) is 0 Å². The summed E-state index contributed by atoms with van der Waals surface area (Å²) < 4.78 is 5.91. The number of para-hydroxylation sites is 1. The van der Waals surface area contributed by atoms with Crippen LogP contribution in [0, 0.1) is 6.92 Å². The van der Waals surface area contributed by atoms with Crippen molar-refractivity contribution in [1.29, 1.82) is 0 Å². The van der Waals surface area contributed by atoms with Gasteiger partial charge in [0.05, 0.1) is 16.7 Å². The molecule has 18 heavy (non-hydrogen) atoms. The summed E-state index contributed by atoms with van der Waals surface area (Å²) >= 11 is 1.55. The average Bonchev–Trinajstić information content (AvgIpc) is 2.91. The quantitative estimate of drug-likeness (QED) is 0.902. The third-order valence-corrected chi connectivity index (χ3v) is 4.57. The van der Waals surface area contributed by atoms with E-state index in [1.54, 1.807) is 18.3 Å². The van der Waals surface area contributed by atoms with Crippen LogP contribution < -0.4 is 4.74 Å². The predicted molar refractivity (Wildman–Crippen MR) is 71.0 cm³/mol. The number of aryl methyl sites for hydroxylation is 1. The maximum absolute atomic E-state index is 9.66. The largest absolute Gasteiger partial charge is 0.483 e. The van der Waals surface area contributed by atoms with Gasteiger partial charge in [-0.3, -0.25) is 0 Å². The Morgan fingerprint density at radius 1 is 1.44 bits per heavy atom. The van der Waals surface area contributed by atoms with Crippen molar-refractivity contribution in [2.75, 3.05) is 0 Å². The Morgan fingerprint density at radius 2 is 2.22 bits per heavy atom. The van der Waals surface area contributed by atoms with E-state index in [1.807, 2.05) is 25.1 Å². The molecule has 3 nitrogen and oxygen atoms in total. The Kier molecular flexibility index (Phi) is 2.84. The van der Waals surface area contributed by atoms with Crippen LogP contribution in [0.25, 0.3) is 0 Å². The summed E-state index contributed by atoms with van der Waals surface area (Å²) in [7, 11) is 0. The molecule has 0 saturated carbocycles. The van der Waals surface area contributed by atoms with Crippen molar-refractivity contribution in [1.82, 2.24) is 4.98 Å². The van der Waals surface area contributed by atoms with Crippen LogP contribution in [-0.2, 0) is 6.42 Å². The lowest BCUT2D eigenvalue weighted by molar-refractivity contribution is 0.202. The van der Waals surface area contributed by atoms with Crippen molar-refractivity contribution in [3.8, 4) is 5.75 Å². The van der Waals surface area contributed by atoms with E-state index in [-0.39, 0.29) is 6.10 Å². The van der Waals surface area contributed by atoms with Gasteiger partial charge in [0, 0.05) is 6.42 Å². The molecule has 94 valence electrons. The lowest BCUT2D eigenvalue weighted by Crippen LogP contribution is -2.02. The van der Waals surface area contributed by atoms with Gasteiger partial charge in [0.1, 0.15) is 10.8 Å². The molecular weight excluding hydrogens is 246 g/mol. The minimum Gasteiger partial charge on any atom is -0.483 e. The number of aliphatic hydroxyl groups is 1. The molecular formula is C14H15NO2S. The Bertz CT molecular complexity index is 552. The topological polar surface area (TPSA) is 42.4 Å². The van der Waals surface area contributed by atoms with Crippen LogP contribution in [0.5, 0.6) is 5.75 Å². The molecule has 1 aromatic carbocycles. The van der Waals surface area contributed by atoms with Crippen LogP contribution in [0.15, 0.2) is 24.3 Å². The van der Waals surface area contributed by atoms with E-state index in [1.165, 1.54) is 5.56 Å². The van der Waals surface area contributed by atoms with Gasteiger partial charge in [0.2, 0.25) is 0 Å². The minimum atomic E-state index is -0.458. The first-order chi connectivity index (χ1) is 8.65. The Hall–Kier alpha value is -1.39. The number of nitrogens with zero attached hydrogens (tertiary/aromatic N) is 1. The lowest BCUT2D eigenvalue weighted by atomic mass is 10.1. The molecule has 0 amide bonds. The second-order valence-corrected chi connectivity index (χ2v) is 5.66. The summed E-state index contributed by atoms with van der Waals surface area (Å²) in [4.78, 5) is 5.47. The van der Waals surface area contributed by atoms with E-state index >= 15 is 0 Å². The molecule has 0 bridgehead atoms. The summed E-state index contributed by atoms with van der Waals surface area (Å²) in [6, 6.07) is 8.09. The second kappa shape index (κ2) is 4.37. The molecule has 1 aromatic heterocycles. The van der Waals surface area contributed by atoms with E-state index in [4.69, 9.17) is 4.74 Å². The fraction of sp³-hybridized carbons (Fsp3) is 0.357. The van der Waals surface area contributed by atoms with Crippen molar-refractivity contribution in [2.45, 2.75) is 32.5 Å². The molecule has 0 spiro atoms. The Morgan fingerprint density at radius 3 is 2.89 bits per heavy atom. The number of ether oxygens (including phenoxy) is 1. The number of thiazole rings is 1. The highest BCUT2D eigenvalue weighted by atomic mass is 32.1. The fourth-order valence-corrected chi connectivity index (χ4v) is 3.31. The van der Waals surface area contributed by atoms with Crippen LogP contribution in [0.3, 0.4) is 0 Å². The van der Waals surface area contributed by atoms with Crippen molar-refractivity contribution in [3.05, 3.63) is 45.4 Å². The lowest BCUT2D eigenvalue weighted by Gasteiger charge is -2.06. The van der Waals surface area contributed by atoms with Crippen LogP contribution in [0.4, 0.5) is 0 Å². The van der Waals surface area contributed by atoms with Gasteiger partial charge < -0.3 is 9.84 Å². The molecule has 0 saturated heterocycles. The molecule has 0 aliphatic carbocycles. The predicted octanol–water partition coefficient (Wildman–Crippen LogP) is 3.18. The molecule has 2 aromatic rings. The fourth-order valence-electron chi connectivity index (χ4n) is 2.27. The summed E-state index contributed by atoms with van der Waals surface area (Å²) in [6.07, 6.45) is 0.404. The maximum atomic E-state index is 9.66. The first-order valence-corrected chi connectivity index (χ1v) is 6.86.